The van der Waals surface area contributed by atoms with E-state index in [0.29, 0.717) is 29.4 Å². The van der Waals surface area contributed by atoms with Crippen molar-refractivity contribution in [2.75, 3.05) is 13.2 Å². The molecule has 0 aliphatic carbocycles. The van der Waals surface area contributed by atoms with E-state index in [1.54, 1.807) is 36.4 Å². The van der Waals surface area contributed by atoms with Crippen LogP contribution in [0.2, 0.25) is 0 Å². The fraction of sp³-hybridized carbons (Fsp3) is 0.444. The van der Waals surface area contributed by atoms with Crippen LogP contribution >= 0.6 is 0 Å². The first-order chi connectivity index (χ1) is 20.0. The molecule has 0 fully saturated rings. The van der Waals surface area contributed by atoms with Crippen molar-refractivity contribution in [3.8, 4) is 22.6 Å². The van der Waals surface area contributed by atoms with Crippen LogP contribution in [-0.2, 0) is 4.74 Å². The van der Waals surface area contributed by atoms with Crippen molar-refractivity contribution < 1.29 is 23.8 Å². The van der Waals surface area contributed by atoms with Gasteiger partial charge in [-0.25, -0.2) is 9.59 Å². The van der Waals surface area contributed by atoms with Crippen molar-refractivity contribution in [3.05, 3.63) is 83.9 Å². The molecule has 1 atom stereocenters. The highest BCUT2D eigenvalue weighted by atomic mass is 16.5. The number of esters is 2. The van der Waals surface area contributed by atoms with Gasteiger partial charge in [0, 0.05) is 0 Å². The number of carbonyl (C=O) groups is 2. The van der Waals surface area contributed by atoms with E-state index >= 15 is 0 Å². The zero-order valence-electron chi connectivity index (χ0n) is 25.0. The molecule has 41 heavy (non-hydrogen) atoms. The van der Waals surface area contributed by atoms with E-state index in [1.165, 1.54) is 51.4 Å². The van der Waals surface area contributed by atoms with Crippen molar-refractivity contribution in [1.29, 1.82) is 0 Å². The Kier molecular flexibility index (Phi) is 14.0. The summed E-state index contributed by atoms with van der Waals surface area (Å²) in [5.74, 6) is 0.734. The molecule has 0 aliphatic rings. The van der Waals surface area contributed by atoms with Gasteiger partial charge in [0.25, 0.3) is 0 Å². The van der Waals surface area contributed by atoms with Crippen molar-refractivity contribution in [3.63, 3.8) is 0 Å². The highest BCUT2D eigenvalue weighted by molar-refractivity contribution is 5.92. The summed E-state index contributed by atoms with van der Waals surface area (Å²) < 4.78 is 16.7. The summed E-state index contributed by atoms with van der Waals surface area (Å²) in [6.07, 6.45) is 12.7. The predicted molar refractivity (Wildman–Crippen MR) is 166 cm³/mol. The van der Waals surface area contributed by atoms with Gasteiger partial charge in [0.2, 0.25) is 0 Å². The summed E-state index contributed by atoms with van der Waals surface area (Å²) in [6.45, 7) is 7.48. The summed E-state index contributed by atoms with van der Waals surface area (Å²) in [5, 5.41) is 0. The number of benzene rings is 3. The molecule has 0 aromatic heterocycles. The lowest BCUT2D eigenvalue weighted by Crippen LogP contribution is -2.12. The van der Waals surface area contributed by atoms with Gasteiger partial charge in [-0.3, -0.25) is 0 Å². The summed E-state index contributed by atoms with van der Waals surface area (Å²) in [6, 6.07) is 21.8. The van der Waals surface area contributed by atoms with Crippen LogP contribution in [-0.4, -0.2) is 25.2 Å². The molecule has 0 bridgehead atoms. The third-order valence-electron chi connectivity index (χ3n) is 7.32. The van der Waals surface area contributed by atoms with E-state index in [2.05, 4.69) is 13.8 Å². The maximum atomic E-state index is 12.6. The van der Waals surface area contributed by atoms with Gasteiger partial charge < -0.3 is 14.2 Å². The zero-order valence-corrected chi connectivity index (χ0v) is 25.0. The molecule has 220 valence electrons. The van der Waals surface area contributed by atoms with Gasteiger partial charge in [0.1, 0.15) is 11.5 Å². The first-order valence-electron chi connectivity index (χ1n) is 15.3. The normalized spacial score (nSPS) is 11.6. The molecule has 5 nitrogen and oxygen atoms in total. The third kappa shape index (κ3) is 11.4. The van der Waals surface area contributed by atoms with Crippen LogP contribution in [0, 0.1) is 5.92 Å². The molecule has 3 aromatic carbocycles. The first-order valence-corrected chi connectivity index (χ1v) is 15.3. The Bertz CT molecular complexity index is 1170. The van der Waals surface area contributed by atoms with Gasteiger partial charge in [-0.05, 0) is 72.0 Å². The Labute approximate surface area is 246 Å². The fourth-order valence-corrected chi connectivity index (χ4v) is 4.39. The van der Waals surface area contributed by atoms with Gasteiger partial charge in [-0.15, -0.1) is 0 Å². The summed E-state index contributed by atoms with van der Waals surface area (Å²) in [4.78, 5) is 24.8. The molecule has 0 N–H and O–H groups in total. The molecular formula is C36H46O5. The lowest BCUT2D eigenvalue weighted by molar-refractivity contribution is 0.0447. The molecule has 1 unspecified atom stereocenters. The number of hydrogen-bond donors (Lipinski definition) is 0. The Hall–Kier alpha value is -3.60. The topological polar surface area (TPSA) is 61.8 Å². The quantitative estimate of drug-likeness (QED) is 0.0883. The monoisotopic (exact) mass is 558 g/mol. The molecule has 0 heterocycles. The van der Waals surface area contributed by atoms with Crippen molar-refractivity contribution >= 4 is 11.9 Å². The Morgan fingerprint density at radius 2 is 1.10 bits per heavy atom. The maximum absolute atomic E-state index is 12.6. The maximum Gasteiger partial charge on any atom is 0.343 e. The Balaban J connectivity index is 1.40. The molecule has 0 saturated heterocycles. The molecule has 0 aliphatic heterocycles. The van der Waals surface area contributed by atoms with Crippen LogP contribution in [0.1, 0.15) is 106 Å². The van der Waals surface area contributed by atoms with E-state index in [9.17, 15) is 9.59 Å². The molecule has 5 heteroatoms. The number of ether oxygens (including phenoxy) is 3. The molecule has 0 amide bonds. The minimum atomic E-state index is -0.455. The fourth-order valence-electron chi connectivity index (χ4n) is 4.39. The average molecular weight is 559 g/mol. The summed E-state index contributed by atoms with van der Waals surface area (Å²) in [5.41, 5.74) is 2.94. The Morgan fingerprint density at radius 3 is 1.68 bits per heavy atom. The van der Waals surface area contributed by atoms with Crippen molar-refractivity contribution in [2.24, 2.45) is 5.92 Å². The average Bonchev–Trinajstić information content (AvgIpc) is 3.01. The van der Waals surface area contributed by atoms with E-state index < -0.39 is 5.97 Å². The van der Waals surface area contributed by atoms with E-state index in [-0.39, 0.29) is 5.97 Å². The second kappa shape index (κ2) is 18.0. The number of hydrogen-bond acceptors (Lipinski definition) is 5. The van der Waals surface area contributed by atoms with Crippen LogP contribution in [0.5, 0.6) is 11.5 Å². The second-order valence-corrected chi connectivity index (χ2v) is 10.8. The molecule has 0 spiro atoms. The van der Waals surface area contributed by atoms with E-state index in [0.717, 1.165) is 36.3 Å². The van der Waals surface area contributed by atoms with Gasteiger partial charge in [-0.1, -0.05) is 103 Å². The van der Waals surface area contributed by atoms with Crippen LogP contribution in [0.3, 0.4) is 0 Å². The second-order valence-electron chi connectivity index (χ2n) is 10.8. The predicted octanol–water partition coefficient (Wildman–Crippen LogP) is 9.69. The van der Waals surface area contributed by atoms with Gasteiger partial charge in [0.05, 0.1) is 24.3 Å². The summed E-state index contributed by atoms with van der Waals surface area (Å²) >= 11 is 0. The third-order valence-corrected chi connectivity index (χ3v) is 7.32. The van der Waals surface area contributed by atoms with Gasteiger partial charge in [0.15, 0.2) is 0 Å². The SMILES string of the molecule is CCCCCCCCCCCOc1ccc(-c2ccc(C(=O)Oc3ccc(C(=O)OCC(C)CC)cc3)cc2)cc1. The number of carbonyl (C=O) groups excluding carboxylic acids is 2. The molecule has 0 saturated carbocycles. The minimum absolute atomic E-state index is 0.318. The van der Waals surface area contributed by atoms with Crippen LogP contribution in [0.25, 0.3) is 11.1 Å². The van der Waals surface area contributed by atoms with E-state index in [4.69, 9.17) is 14.2 Å². The lowest BCUT2D eigenvalue weighted by Gasteiger charge is -2.10. The number of unbranched alkanes of at least 4 members (excludes halogenated alkanes) is 8. The standard InChI is InChI=1S/C36H46O5/c1-4-6-7-8-9-10-11-12-13-26-39-33-22-18-30(19-23-33)29-14-16-32(17-15-29)36(38)41-34-24-20-31(21-25-34)35(37)40-27-28(3)5-2/h14-25,28H,4-13,26-27H2,1-3H3. The molecule has 0 radical (unpaired) electrons. The van der Waals surface area contributed by atoms with E-state index in [1.807, 2.05) is 43.3 Å². The highest BCUT2D eigenvalue weighted by Crippen LogP contribution is 2.24. The largest absolute Gasteiger partial charge is 0.494 e. The number of rotatable bonds is 18. The lowest BCUT2D eigenvalue weighted by atomic mass is 10.0. The smallest absolute Gasteiger partial charge is 0.343 e. The molecular weight excluding hydrogens is 512 g/mol. The summed E-state index contributed by atoms with van der Waals surface area (Å²) in [7, 11) is 0. The zero-order chi connectivity index (χ0) is 29.3. The van der Waals surface area contributed by atoms with Crippen molar-refractivity contribution in [1.82, 2.24) is 0 Å². The highest BCUT2D eigenvalue weighted by Gasteiger charge is 2.12. The van der Waals surface area contributed by atoms with Gasteiger partial charge >= 0.3 is 11.9 Å². The van der Waals surface area contributed by atoms with Crippen LogP contribution in [0.4, 0.5) is 0 Å². The van der Waals surface area contributed by atoms with Gasteiger partial charge in [-0.2, -0.15) is 0 Å². The molecule has 3 rings (SSSR count). The van der Waals surface area contributed by atoms with Crippen LogP contribution < -0.4 is 9.47 Å². The first kappa shape index (κ1) is 31.9. The van der Waals surface area contributed by atoms with Crippen molar-refractivity contribution in [2.45, 2.75) is 85.0 Å². The van der Waals surface area contributed by atoms with Crippen LogP contribution in [0.15, 0.2) is 72.8 Å². The minimum Gasteiger partial charge on any atom is -0.494 e. The Morgan fingerprint density at radius 1 is 0.610 bits per heavy atom. The molecule has 3 aromatic rings.